The Bertz CT molecular complexity index is 487. The number of carboxylic acids is 1. The van der Waals surface area contributed by atoms with Crippen molar-refractivity contribution in [1.82, 2.24) is 4.90 Å². The van der Waals surface area contributed by atoms with E-state index >= 15 is 0 Å². The molecule has 1 saturated heterocycles. The second kappa shape index (κ2) is 6.94. The van der Waals surface area contributed by atoms with Crippen LogP contribution in [0.5, 0.6) is 5.75 Å². The second-order valence-corrected chi connectivity index (χ2v) is 6.16. The maximum absolute atomic E-state index is 11.6. The molecule has 1 aliphatic heterocycles. The number of benzene rings is 1. The minimum atomic E-state index is -0.751. The molecule has 4 heteroatoms. The second-order valence-electron chi connectivity index (χ2n) is 6.16. The van der Waals surface area contributed by atoms with Crippen molar-refractivity contribution in [3.05, 3.63) is 29.8 Å². The molecule has 4 nitrogen and oxygen atoms in total. The third kappa shape index (κ3) is 3.97. The first-order valence-electron chi connectivity index (χ1n) is 7.64. The first-order valence-corrected chi connectivity index (χ1v) is 7.64. The molecule has 0 bridgehead atoms. The molecule has 116 valence electrons. The average Bonchev–Trinajstić information content (AvgIpc) is 2.90. The van der Waals surface area contributed by atoms with Gasteiger partial charge < -0.3 is 14.7 Å². The number of ether oxygens (including phenoxy) is 1. The van der Waals surface area contributed by atoms with Gasteiger partial charge in [-0.15, -0.1) is 0 Å². The van der Waals surface area contributed by atoms with Gasteiger partial charge in [0.05, 0.1) is 5.92 Å². The smallest absolute Gasteiger partial charge is 0.310 e. The van der Waals surface area contributed by atoms with Gasteiger partial charge in [0.2, 0.25) is 0 Å². The van der Waals surface area contributed by atoms with Crippen molar-refractivity contribution >= 4 is 5.97 Å². The maximum Gasteiger partial charge on any atom is 0.310 e. The van der Waals surface area contributed by atoms with Crippen molar-refractivity contribution in [1.29, 1.82) is 0 Å². The largest absolute Gasteiger partial charge is 0.492 e. The van der Waals surface area contributed by atoms with E-state index in [2.05, 4.69) is 18.7 Å². The molecule has 2 rings (SSSR count). The van der Waals surface area contributed by atoms with Gasteiger partial charge in [-0.1, -0.05) is 18.2 Å². The van der Waals surface area contributed by atoms with Crippen molar-refractivity contribution < 1.29 is 14.6 Å². The van der Waals surface area contributed by atoms with Crippen LogP contribution in [0.2, 0.25) is 0 Å². The summed E-state index contributed by atoms with van der Waals surface area (Å²) in [7, 11) is 0. The molecular weight excluding hydrogens is 266 g/mol. The third-order valence-electron chi connectivity index (χ3n) is 4.38. The summed E-state index contributed by atoms with van der Waals surface area (Å²) in [5.74, 6) is -0.232. The summed E-state index contributed by atoms with van der Waals surface area (Å²) >= 11 is 0. The summed E-state index contributed by atoms with van der Waals surface area (Å²) in [5, 5.41) is 9.51. The number of hydrogen-bond acceptors (Lipinski definition) is 3. The zero-order valence-corrected chi connectivity index (χ0v) is 13.1. The van der Waals surface area contributed by atoms with E-state index in [0.717, 1.165) is 30.8 Å². The van der Waals surface area contributed by atoms with Crippen LogP contribution in [0.15, 0.2) is 24.3 Å². The predicted molar refractivity (Wildman–Crippen MR) is 82.6 cm³/mol. The molecule has 0 saturated carbocycles. The highest BCUT2D eigenvalue weighted by Crippen LogP contribution is 2.27. The summed E-state index contributed by atoms with van der Waals surface area (Å²) in [5.41, 5.74) is 1.04. The van der Waals surface area contributed by atoms with Crippen LogP contribution in [0.1, 0.15) is 25.8 Å². The molecule has 1 heterocycles. The molecule has 1 aliphatic rings. The Morgan fingerprint density at radius 1 is 1.43 bits per heavy atom. The third-order valence-corrected chi connectivity index (χ3v) is 4.38. The molecule has 1 aromatic rings. The van der Waals surface area contributed by atoms with Gasteiger partial charge in [0, 0.05) is 12.6 Å². The topological polar surface area (TPSA) is 49.8 Å². The van der Waals surface area contributed by atoms with Crippen molar-refractivity contribution in [2.24, 2.45) is 11.8 Å². The first kappa shape index (κ1) is 15.8. The molecule has 0 aliphatic carbocycles. The fourth-order valence-electron chi connectivity index (χ4n) is 2.92. The molecule has 0 aromatic heterocycles. The van der Waals surface area contributed by atoms with Crippen LogP contribution < -0.4 is 4.74 Å². The quantitative estimate of drug-likeness (QED) is 0.875. The van der Waals surface area contributed by atoms with Gasteiger partial charge >= 0.3 is 5.97 Å². The van der Waals surface area contributed by atoms with E-state index < -0.39 is 11.9 Å². The van der Waals surface area contributed by atoms with Gasteiger partial charge in [-0.2, -0.15) is 0 Å². The Balaban J connectivity index is 1.97. The molecule has 1 N–H and O–H groups in total. The van der Waals surface area contributed by atoms with Crippen LogP contribution in [-0.2, 0) is 4.79 Å². The SMILES string of the molecule is Cc1ccccc1OCC(C(=O)O)C1CCN(C(C)C)C1. The molecule has 2 atom stereocenters. The first-order chi connectivity index (χ1) is 9.99. The summed E-state index contributed by atoms with van der Waals surface area (Å²) in [6, 6.07) is 8.20. The van der Waals surface area contributed by atoms with Crippen LogP contribution in [0, 0.1) is 18.8 Å². The van der Waals surface area contributed by atoms with Crippen LogP contribution in [0.25, 0.3) is 0 Å². The van der Waals surface area contributed by atoms with E-state index in [-0.39, 0.29) is 12.5 Å². The molecule has 0 spiro atoms. The summed E-state index contributed by atoms with van der Waals surface area (Å²) in [6.45, 7) is 8.37. The number of aryl methyl sites for hydroxylation is 1. The lowest BCUT2D eigenvalue weighted by Crippen LogP contribution is -2.33. The Morgan fingerprint density at radius 3 is 2.71 bits per heavy atom. The van der Waals surface area contributed by atoms with E-state index in [4.69, 9.17) is 4.74 Å². The summed E-state index contributed by atoms with van der Waals surface area (Å²) in [4.78, 5) is 13.9. The standard InChI is InChI=1S/C17H25NO3/c1-12(2)18-9-8-14(10-18)15(17(19)20)11-21-16-7-5-4-6-13(16)3/h4-7,12,14-15H,8-11H2,1-3H3,(H,19,20). The predicted octanol–water partition coefficient (Wildman–Crippen LogP) is 2.80. The van der Waals surface area contributed by atoms with Crippen molar-refractivity contribution in [3.8, 4) is 5.75 Å². The highest BCUT2D eigenvalue weighted by molar-refractivity contribution is 5.70. The van der Waals surface area contributed by atoms with Gasteiger partial charge in [0.25, 0.3) is 0 Å². The fourth-order valence-corrected chi connectivity index (χ4v) is 2.92. The zero-order chi connectivity index (χ0) is 15.4. The maximum atomic E-state index is 11.6. The van der Waals surface area contributed by atoms with E-state index in [1.54, 1.807) is 0 Å². The van der Waals surface area contributed by atoms with Gasteiger partial charge in [-0.25, -0.2) is 0 Å². The Kier molecular flexibility index (Phi) is 5.23. The molecule has 2 unspecified atom stereocenters. The minimum absolute atomic E-state index is 0.175. The van der Waals surface area contributed by atoms with Crippen LogP contribution >= 0.6 is 0 Å². The van der Waals surface area contributed by atoms with E-state index in [1.165, 1.54) is 0 Å². The molecule has 1 aromatic carbocycles. The number of nitrogens with zero attached hydrogens (tertiary/aromatic N) is 1. The van der Waals surface area contributed by atoms with Gasteiger partial charge in [-0.05, 0) is 51.3 Å². The fraction of sp³-hybridized carbons (Fsp3) is 0.588. The van der Waals surface area contributed by atoms with Crippen molar-refractivity contribution in [2.45, 2.75) is 33.2 Å². The number of likely N-dealkylation sites (tertiary alicyclic amines) is 1. The lowest BCUT2D eigenvalue weighted by atomic mass is 9.92. The highest BCUT2D eigenvalue weighted by Gasteiger charge is 2.35. The normalized spacial score (nSPS) is 20.7. The zero-order valence-electron chi connectivity index (χ0n) is 13.1. The molecule has 0 radical (unpaired) electrons. The Labute approximate surface area is 126 Å². The lowest BCUT2D eigenvalue weighted by molar-refractivity contribution is -0.144. The monoisotopic (exact) mass is 291 g/mol. The number of hydrogen-bond donors (Lipinski definition) is 1. The van der Waals surface area contributed by atoms with Crippen LogP contribution in [0.3, 0.4) is 0 Å². The number of aliphatic carboxylic acids is 1. The van der Waals surface area contributed by atoms with Gasteiger partial charge in [0.15, 0.2) is 0 Å². The number of carboxylic acid groups (broad SMARTS) is 1. The van der Waals surface area contributed by atoms with E-state index in [1.807, 2.05) is 31.2 Å². The molecule has 0 amide bonds. The number of rotatable bonds is 6. The van der Waals surface area contributed by atoms with Gasteiger partial charge in [0.1, 0.15) is 12.4 Å². The molecule has 1 fully saturated rings. The number of para-hydroxylation sites is 1. The Hall–Kier alpha value is -1.55. The van der Waals surface area contributed by atoms with Crippen molar-refractivity contribution in [2.75, 3.05) is 19.7 Å². The van der Waals surface area contributed by atoms with Gasteiger partial charge in [-0.3, -0.25) is 4.79 Å². The average molecular weight is 291 g/mol. The summed E-state index contributed by atoms with van der Waals surface area (Å²) < 4.78 is 5.77. The Morgan fingerprint density at radius 2 is 2.14 bits per heavy atom. The minimum Gasteiger partial charge on any atom is -0.492 e. The number of carbonyl (C=O) groups is 1. The van der Waals surface area contributed by atoms with E-state index in [9.17, 15) is 9.90 Å². The molecule has 21 heavy (non-hydrogen) atoms. The van der Waals surface area contributed by atoms with Crippen LogP contribution in [-0.4, -0.2) is 41.7 Å². The van der Waals surface area contributed by atoms with Crippen molar-refractivity contribution in [3.63, 3.8) is 0 Å². The van der Waals surface area contributed by atoms with Crippen LogP contribution in [0.4, 0.5) is 0 Å². The molecular formula is C17H25NO3. The lowest BCUT2D eigenvalue weighted by Gasteiger charge is -2.23. The summed E-state index contributed by atoms with van der Waals surface area (Å²) in [6.07, 6.45) is 0.937. The van der Waals surface area contributed by atoms with E-state index in [0.29, 0.717) is 6.04 Å². The highest BCUT2D eigenvalue weighted by atomic mass is 16.5.